The monoisotopic (exact) mass is 350 g/mol. The number of aryl methyl sites for hydroxylation is 1. The van der Waals surface area contributed by atoms with E-state index in [1.165, 1.54) is 11.3 Å². The molecule has 0 aromatic carbocycles. The van der Waals surface area contributed by atoms with E-state index < -0.39 is 0 Å². The van der Waals surface area contributed by atoms with Crippen LogP contribution < -0.4 is 5.32 Å². The Morgan fingerprint density at radius 1 is 1.38 bits per heavy atom. The topological polar surface area (TPSA) is 90.1 Å². The molecular formula is C16H22N4O3S. The van der Waals surface area contributed by atoms with Crippen LogP contribution in [0.1, 0.15) is 65.7 Å². The summed E-state index contributed by atoms with van der Waals surface area (Å²) in [6.45, 7) is 7.22. The zero-order chi connectivity index (χ0) is 17.1. The van der Waals surface area contributed by atoms with Crippen molar-refractivity contribution < 1.29 is 14.1 Å². The molecule has 1 atom stereocenters. The minimum absolute atomic E-state index is 0.143. The molecule has 1 amide bonds. The average Bonchev–Trinajstić information content (AvgIpc) is 3.22. The van der Waals surface area contributed by atoms with Gasteiger partial charge in [0.2, 0.25) is 5.89 Å². The zero-order valence-electron chi connectivity index (χ0n) is 14.1. The highest BCUT2D eigenvalue weighted by molar-refractivity contribution is 7.11. The Kier molecular flexibility index (Phi) is 5.25. The Bertz CT molecular complexity index is 691. The second kappa shape index (κ2) is 7.40. The van der Waals surface area contributed by atoms with Crippen LogP contribution in [0.15, 0.2) is 10.0 Å². The van der Waals surface area contributed by atoms with E-state index >= 15 is 0 Å². The lowest BCUT2D eigenvalue weighted by Crippen LogP contribution is -2.36. The highest BCUT2D eigenvalue weighted by Gasteiger charge is 2.32. The molecular weight excluding hydrogens is 328 g/mol. The Labute approximate surface area is 144 Å². The van der Waals surface area contributed by atoms with Crippen molar-refractivity contribution in [3.8, 4) is 0 Å². The van der Waals surface area contributed by atoms with Crippen molar-refractivity contribution in [3.05, 3.63) is 27.8 Å². The number of rotatable bonds is 5. The van der Waals surface area contributed by atoms with Crippen LogP contribution >= 0.6 is 11.3 Å². The molecule has 0 aliphatic carbocycles. The Balaban J connectivity index is 1.83. The smallest absolute Gasteiger partial charge is 0.263 e. The van der Waals surface area contributed by atoms with Crippen molar-refractivity contribution in [2.75, 3.05) is 13.2 Å². The third-order valence-electron chi connectivity index (χ3n) is 4.22. The van der Waals surface area contributed by atoms with Gasteiger partial charge in [-0.3, -0.25) is 4.79 Å². The standard InChI is InChI=1S/C16H22N4O3S/c1-9(2)14-19-16(23-20-14)12(11-4-6-22-7-5-11)18-15(21)13-10(3)17-8-24-13/h8-9,11-12H,4-7H2,1-3H3,(H,18,21)/t12-/m1/s1. The molecule has 2 aromatic rings. The van der Waals surface area contributed by atoms with Gasteiger partial charge in [-0.2, -0.15) is 4.98 Å². The molecule has 0 spiro atoms. The van der Waals surface area contributed by atoms with Crippen molar-refractivity contribution in [1.82, 2.24) is 20.4 Å². The molecule has 0 radical (unpaired) electrons. The van der Waals surface area contributed by atoms with Crippen LogP contribution in [-0.4, -0.2) is 34.2 Å². The van der Waals surface area contributed by atoms with E-state index in [0.717, 1.165) is 18.5 Å². The van der Waals surface area contributed by atoms with Crippen molar-refractivity contribution in [1.29, 1.82) is 0 Å². The number of aromatic nitrogens is 3. The van der Waals surface area contributed by atoms with Crippen LogP contribution in [0.3, 0.4) is 0 Å². The lowest BCUT2D eigenvalue weighted by atomic mass is 9.91. The predicted octanol–water partition coefficient (Wildman–Crippen LogP) is 2.86. The van der Waals surface area contributed by atoms with Gasteiger partial charge < -0.3 is 14.6 Å². The summed E-state index contributed by atoms with van der Waals surface area (Å²) >= 11 is 1.34. The predicted molar refractivity (Wildman–Crippen MR) is 89.0 cm³/mol. The normalized spacial score (nSPS) is 17.2. The van der Waals surface area contributed by atoms with Crippen LogP contribution in [0.2, 0.25) is 0 Å². The average molecular weight is 350 g/mol. The quantitative estimate of drug-likeness (QED) is 0.892. The first-order valence-corrected chi connectivity index (χ1v) is 9.06. The molecule has 1 saturated heterocycles. The molecule has 0 saturated carbocycles. The maximum absolute atomic E-state index is 12.6. The van der Waals surface area contributed by atoms with Gasteiger partial charge in [0.1, 0.15) is 10.9 Å². The summed E-state index contributed by atoms with van der Waals surface area (Å²) in [5.74, 6) is 1.39. The van der Waals surface area contributed by atoms with Gasteiger partial charge in [-0.15, -0.1) is 11.3 Å². The minimum Gasteiger partial charge on any atom is -0.381 e. The number of nitrogens with zero attached hydrogens (tertiary/aromatic N) is 3. The Morgan fingerprint density at radius 2 is 2.12 bits per heavy atom. The van der Waals surface area contributed by atoms with E-state index in [1.807, 2.05) is 20.8 Å². The van der Waals surface area contributed by atoms with Gasteiger partial charge in [-0.25, -0.2) is 4.98 Å². The van der Waals surface area contributed by atoms with Crippen LogP contribution in [0.25, 0.3) is 0 Å². The molecule has 1 fully saturated rings. The fourth-order valence-electron chi connectivity index (χ4n) is 2.77. The minimum atomic E-state index is -0.303. The van der Waals surface area contributed by atoms with Crippen molar-refractivity contribution in [3.63, 3.8) is 0 Å². The third kappa shape index (κ3) is 3.64. The number of hydrogen-bond acceptors (Lipinski definition) is 7. The van der Waals surface area contributed by atoms with E-state index in [2.05, 4.69) is 20.4 Å². The molecule has 0 bridgehead atoms. The van der Waals surface area contributed by atoms with Gasteiger partial charge in [-0.1, -0.05) is 19.0 Å². The second-order valence-electron chi connectivity index (χ2n) is 6.31. The number of ether oxygens (including phenoxy) is 1. The van der Waals surface area contributed by atoms with Crippen LogP contribution in [0.4, 0.5) is 0 Å². The van der Waals surface area contributed by atoms with E-state index in [1.54, 1.807) is 5.51 Å². The molecule has 0 unspecified atom stereocenters. The number of thiazole rings is 1. The lowest BCUT2D eigenvalue weighted by molar-refractivity contribution is 0.0468. The molecule has 8 heteroatoms. The molecule has 1 aliphatic heterocycles. The SMILES string of the molecule is Cc1ncsc1C(=O)N[C@@H](c1nc(C(C)C)no1)C1CCOCC1. The molecule has 1 aliphatic rings. The number of nitrogens with one attached hydrogen (secondary N) is 1. The Hall–Kier alpha value is -1.80. The van der Waals surface area contributed by atoms with E-state index in [4.69, 9.17) is 9.26 Å². The molecule has 130 valence electrons. The summed E-state index contributed by atoms with van der Waals surface area (Å²) in [7, 11) is 0. The zero-order valence-corrected chi connectivity index (χ0v) is 14.9. The van der Waals surface area contributed by atoms with E-state index in [-0.39, 0.29) is 23.8 Å². The van der Waals surface area contributed by atoms with Crippen LogP contribution in [0, 0.1) is 12.8 Å². The second-order valence-corrected chi connectivity index (χ2v) is 7.17. The van der Waals surface area contributed by atoms with E-state index in [0.29, 0.717) is 29.8 Å². The summed E-state index contributed by atoms with van der Waals surface area (Å²) in [5, 5.41) is 7.12. The number of carbonyl (C=O) groups excluding carboxylic acids is 1. The lowest BCUT2D eigenvalue weighted by Gasteiger charge is -2.28. The molecule has 1 N–H and O–H groups in total. The van der Waals surface area contributed by atoms with Crippen LogP contribution in [0.5, 0.6) is 0 Å². The first kappa shape index (κ1) is 17.0. The highest BCUT2D eigenvalue weighted by atomic mass is 32.1. The highest BCUT2D eigenvalue weighted by Crippen LogP contribution is 2.30. The number of hydrogen-bond donors (Lipinski definition) is 1. The third-order valence-corrected chi connectivity index (χ3v) is 5.14. The van der Waals surface area contributed by atoms with Crippen molar-refractivity contribution in [2.45, 2.75) is 45.6 Å². The fraction of sp³-hybridized carbons (Fsp3) is 0.625. The molecule has 3 heterocycles. The van der Waals surface area contributed by atoms with Gasteiger partial charge in [-0.05, 0) is 25.7 Å². The first-order chi connectivity index (χ1) is 11.6. The maximum atomic E-state index is 12.6. The van der Waals surface area contributed by atoms with E-state index in [9.17, 15) is 4.79 Å². The molecule has 2 aromatic heterocycles. The van der Waals surface area contributed by atoms with Gasteiger partial charge in [0.05, 0.1) is 11.2 Å². The fourth-order valence-corrected chi connectivity index (χ4v) is 3.47. The summed E-state index contributed by atoms with van der Waals surface area (Å²) < 4.78 is 10.9. The van der Waals surface area contributed by atoms with Gasteiger partial charge in [0.25, 0.3) is 5.91 Å². The Morgan fingerprint density at radius 3 is 2.71 bits per heavy atom. The molecule has 24 heavy (non-hydrogen) atoms. The van der Waals surface area contributed by atoms with Gasteiger partial charge in [0.15, 0.2) is 5.82 Å². The van der Waals surface area contributed by atoms with Gasteiger partial charge in [0, 0.05) is 19.1 Å². The molecule has 3 rings (SSSR count). The number of carbonyl (C=O) groups is 1. The van der Waals surface area contributed by atoms with Gasteiger partial charge >= 0.3 is 0 Å². The van der Waals surface area contributed by atoms with Crippen molar-refractivity contribution in [2.24, 2.45) is 5.92 Å². The molecule has 7 nitrogen and oxygen atoms in total. The maximum Gasteiger partial charge on any atom is 0.263 e. The first-order valence-electron chi connectivity index (χ1n) is 8.18. The van der Waals surface area contributed by atoms with Crippen LogP contribution in [-0.2, 0) is 4.74 Å². The van der Waals surface area contributed by atoms with Crippen molar-refractivity contribution >= 4 is 17.2 Å². The summed E-state index contributed by atoms with van der Waals surface area (Å²) in [6, 6.07) is -0.303. The largest absolute Gasteiger partial charge is 0.381 e. The summed E-state index contributed by atoms with van der Waals surface area (Å²) in [4.78, 5) is 21.9. The summed E-state index contributed by atoms with van der Waals surface area (Å²) in [6.07, 6.45) is 1.71. The summed E-state index contributed by atoms with van der Waals surface area (Å²) in [5.41, 5.74) is 2.41. The number of amides is 1.